The van der Waals surface area contributed by atoms with Gasteiger partial charge in [0.1, 0.15) is 24.2 Å². The van der Waals surface area contributed by atoms with Gasteiger partial charge in [0.25, 0.3) is 5.91 Å². The minimum absolute atomic E-state index is 0.158. The number of aromatic nitrogens is 2. The monoisotopic (exact) mass is 893 g/mol. The van der Waals surface area contributed by atoms with Crippen molar-refractivity contribution in [2.75, 3.05) is 88.8 Å². The Labute approximate surface area is 375 Å². The Hall–Kier alpha value is -5.45. The maximum absolute atomic E-state index is 13.2. The van der Waals surface area contributed by atoms with Crippen LogP contribution in [0.3, 0.4) is 0 Å². The number of carbonyl (C=O) groups is 3. The molecule has 1 unspecified atom stereocenters. The maximum atomic E-state index is 13.2. The second kappa shape index (κ2) is 20.4. The zero-order chi connectivity index (χ0) is 44.7. The van der Waals surface area contributed by atoms with Crippen LogP contribution in [-0.2, 0) is 20.7 Å². The lowest BCUT2D eigenvalue weighted by molar-refractivity contribution is -0.121. The SMILES string of the molecule is CNC(=O)CCC(C=O)N1Cc2c(C#CCCN3CCN(C4CCN(c5cc(OC)c(Nc6ncc(Cl)c(Nc7ccccc7P(C)(C)=O)n6)cc5C)CC4)CC3)cccc2C1=O. The number of fused-ring (bicyclic) bond motifs is 1. The number of piperazine rings is 1. The van der Waals surface area contributed by atoms with Crippen molar-refractivity contribution >= 4 is 71.0 Å². The van der Waals surface area contributed by atoms with Crippen molar-refractivity contribution in [2.24, 2.45) is 0 Å². The standard InChI is InChI=1S/C47H57ClN9O5P/c1-32-27-40(52-47-50-29-38(48)45(53-47)51-39-14-6-7-15-43(39)63(4,5)61)42(62-3)28-41(32)56-21-18-34(19-22-56)55-25-23-54(24-26-55)20-9-8-11-33-12-10-13-36-37(33)30-57(46(36)60)35(31-58)16-17-44(59)49-2/h6-7,10,12-15,27-29,31,34-35H,9,16-26,30H2,1-5H3,(H,49,59)(H2,50,51,52,53). The molecule has 0 aliphatic carbocycles. The fourth-order valence-corrected chi connectivity index (χ4v) is 10.0. The number of anilines is 5. The maximum Gasteiger partial charge on any atom is 0.255 e. The Bertz CT molecular complexity index is 2440. The number of rotatable bonds is 15. The van der Waals surface area contributed by atoms with Gasteiger partial charge in [-0.2, -0.15) is 4.98 Å². The number of carbonyl (C=O) groups excluding carboxylic acids is 3. The van der Waals surface area contributed by atoms with Crippen LogP contribution in [0.4, 0.5) is 28.8 Å². The number of hydrogen-bond acceptors (Lipinski definition) is 12. The second-order valence-electron chi connectivity index (χ2n) is 16.7. The summed E-state index contributed by atoms with van der Waals surface area (Å²) in [6.07, 6.45) is 5.65. The summed E-state index contributed by atoms with van der Waals surface area (Å²) in [6.45, 7) is 12.8. The molecule has 0 spiro atoms. The number of benzene rings is 3. The minimum atomic E-state index is -2.55. The summed E-state index contributed by atoms with van der Waals surface area (Å²) in [6, 6.07) is 17.1. The lowest BCUT2D eigenvalue weighted by Gasteiger charge is -2.43. The molecule has 7 rings (SSSR count). The molecule has 63 heavy (non-hydrogen) atoms. The number of halogens is 1. The van der Waals surface area contributed by atoms with E-state index >= 15 is 0 Å². The van der Waals surface area contributed by atoms with E-state index in [-0.39, 0.29) is 24.7 Å². The van der Waals surface area contributed by atoms with Crippen LogP contribution in [0.15, 0.2) is 60.8 Å². The van der Waals surface area contributed by atoms with Crippen molar-refractivity contribution in [1.29, 1.82) is 0 Å². The van der Waals surface area contributed by atoms with Gasteiger partial charge in [-0.25, -0.2) is 4.98 Å². The van der Waals surface area contributed by atoms with Crippen molar-refractivity contribution in [3.63, 3.8) is 0 Å². The number of aldehydes is 1. The van der Waals surface area contributed by atoms with Gasteiger partial charge in [0.15, 0.2) is 5.82 Å². The summed E-state index contributed by atoms with van der Waals surface area (Å²) < 4.78 is 18.8. The molecule has 4 aromatic rings. The molecule has 4 heterocycles. The van der Waals surface area contributed by atoms with Crippen LogP contribution in [0.5, 0.6) is 5.75 Å². The van der Waals surface area contributed by atoms with E-state index in [0.717, 1.165) is 105 Å². The highest BCUT2D eigenvalue weighted by Gasteiger charge is 2.34. The summed E-state index contributed by atoms with van der Waals surface area (Å²) in [7, 11) is 0.667. The molecular formula is C47H57ClN9O5P. The van der Waals surface area contributed by atoms with Gasteiger partial charge in [0.2, 0.25) is 11.9 Å². The predicted molar refractivity (Wildman–Crippen MR) is 251 cm³/mol. The highest BCUT2D eigenvalue weighted by Crippen LogP contribution is 2.40. The normalized spacial score (nSPS) is 16.5. The third-order valence-corrected chi connectivity index (χ3v) is 14.1. The van der Waals surface area contributed by atoms with Gasteiger partial charge >= 0.3 is 0 Å². The number of piperidine rings is 1. The first kappa shape index (κ1) is 45.6. The third kappa shape index (κ3) is 10.8. The van der Waals surface area contributed by atoms with E-state index in [0.29, 0.717) is 46.4 Å². The van der Waals surface area contributed by atoms with Crippen LogP contribution in [0, 0.1) is 18.8 Å². The molecule has 1 aromatic heterocycles. The van der Waals surface area contributed by atoms with Gasteiger partial charge in [-0.15, -0.1) is 0 Å². The van der Waals surface area contributed by atoms with Crippen molar-refractivity contribution < 1.29 is 23.7 Å². The molecule has 332 valence electrons. The zero-order valence-electron chi connectivity index (χ0n) is 36.7. The fraction of sp³-hybridized carbons (Fsp3) is 0.426. The number of methoxy groups -OCH3 is 1. The van der Waals surface area contributed by atoms with Gasteiger partial charge in [0, 0.05) is 106 Å². The van der Waals surface area contributed by atoms with Crippen LogP contribution in [0.1, 0.15) is 59.2 Å². The van der Waals surface area contributed by atoms with E-state index in [4.69, 9.17) is 16.3 Å². The highest BCUT2D eigenvalue weighted by molar-refractivity contribution is 7.70. The number of hydrogen-bond donors (Lipinski definition) is 3. The summed E-state index contributed by atoms with van der Waals surface area (Å²) in [5.74, 6) is 7.74. The average molecular weight is 894 g/mol. The van der Waals surface area contributed by atoms with E-state index in [2.05, 4.69) is 71.5 Å². The number of amides is 2. The first-order valence-corrected chi connectivity index (χ1v) is 24.5. The summed E-state index contributed by atoms with van der Waals surface area (Å²) in [5, 5.41) is 10.2. The zero-order valence-corrected chi connectivity index (χ0v) is 38.4. The highest BCUT2D eigenvalue weighted by atomic mass is 35.5. The topological polar surface area (TPSA) is 152 Å². The first-order chi connectivity index (χ1) is 30.4. The summed E-state index contributed by atoms with van der Waals surface area (Å²) in [5.41, 5.74) is 5.94. The molecule has 0 saturated carbocycles. The Morgan fingerprint density at radius 3 is 2.51 bits per heavy atom. The van der Waals surface area contributed by atoms with Crippen molar-refractivity contribution in [2.45, 2.75) is 57.7 Å². The second-order valence-corrected chi connectivity index (χ2v) is 20.3. The number of ether oxygens (including phenoxy) is 1. The van der Waals surface area contributed by atoms with Gasteiger partial charge in [-0.1, -0.05) is 41.6 Å². The van der Waals surface area contributed by atoms with Gasteiger partial charge < -0.3 is 39.8 Å². The molecular weight excluding hydrogens is 837 g/mol. The van der Waals surface area contributed by atoms with Crippen LogP contribution in [0.25, 0.3) is 0 Å². The van der Waals surface area contributed by atoms with E-state index in [1.165, 1.54) is 6.20 Å². The first-order valence-electron chi connectivity index (χ1n) is 21.6. The fourth-order valence-electron chi connectivity index (χ4n) is 8.73. The molecule has 3 aliphatic heterocycles. The molecule has 0 bridgehead atoms. The van der Waals surface area contributed by atoms with Crippen molar-refractivity contribution in [1.82, 2.24) is 30.0 Å². The summed E-state index contributed by atoms with van der Waals surface area (Å²) in [4.78, 5) is 55.1. The lowest BCUT2D eigenvalue weighted by atomic mass is 10.0. The third-order valence-electron chi connectivity index (χ3n) is 12.2. The Balaban J connectivity index is 0.887. The van der Waals surface area contributed by atoms with E-state index < -0.39 is 13.2 Å². The number of nitrogens with one attached hydrogen (secondary N) is 3. The van der Waals surface area contributed by atoms with Crippen molar-refractivity contribution in [3.8, 4) is 17.6 Å². The van der Waals surface area contributed by atoms with Crippen LogP contribution in [0.2, 0.25) is 5.02 Å². The molecule has 2 saturated heterocycles. The minimum Gasteiger partial charge on any atom is -0.494 e. The molecule has 0 radical (unpaired) electrons. The van der Waals surface area contributed by atoms with Crippen LogP contribution in [-0.4, -0.2) is 128 Å². The van der Waals surface area contributed by atoms with Crippen molar-refractivity contribution in [3.05, 3.63) is 88.1 Å². The molecule has 2 amide bonds. The average Bonchev–Trinajstić information content (AvgIpc) is 3.62. The quantitative estimate of drug-likeness (QED) is 0.0702. The predicted octanol–water partition coefficient (Wildman–Crippen LogP) is 6.26. The van der Waals surface area contributed by atoms with Gasteiger partial charge in [-0.3, -0.25) is 19.4 Å². The molecule has 14 nitrogen and oxygen atoms in total. The number of para-hydroxylation sites is 1. The lowest BCUT2D eigenvalue weighted by Crippen LogP contribution is -2.53. The molecule has 3 N–H and O–H groups in total. The van der Waals surface area contributed by atoms with E-state index in [9.17, 15) is 18.9 Å². The Morgan fingerprint density at radius 2 is 1.79 bits per heavy atom. The molecule has 2 fully saturated rings. The Kier molecular flexibility index (Phi) is 14.7. The number of aryl methyl sites for hydroxylation is 1. The van der Waals surface area contributed by atoms with Gasteiger partial charge in [0.05, 0.1) is 30.7 Å². The van der Waals surface area contributed by atoms with Gasteiger partial charge in [-0.05, 0) is 81.0 Å². The molecule has 3 aromatic carbocycles. The molecule has 16 heteroatoms. The smallest absolute Gasteiger partial charge is 0.255 e. The molecule has 1 atom stereocenters. The Morgan fingerprint density at radius 1 is 1.03 bits per heavy atom. The molecule has 3 aliphatic rings. The largest absolute Gasteiger partial charge is 0.494 e. The van der Waals surface area contributed by atoms with Crippen LogP contribution < -0.4 is 30.9 Å². The number of nitrogens with zero attached hydrogens (tertiary/aromatic N) is 6. The van der Waals surface area contributed by atoms with Crippen LogP contribution >= 0.6 is 18.7 Å². The van der Waals surface area contributed by atoms with E-state index in [1.54, 1.807) is 38.5 Å². The van der Waals surface area contributed by atoms with E-state index in [1.807, 2.05) is 36.4 Å². The summed E-state index contributed by atoms with van der Waals surface area (Å²) >= 11 is 6.51.